The van der Waals surface area contributed by atoms with Crippen molar-refractivity contribution < 1.29 is 29.1 Å². The molecule has 12 heteroatoms. The number of hydrogen-bond donors (Lipinski definition) is 7. The third-order valence-electron chi connectivity index (χ3n) is 4.09. The molecule has 0 rings (SSSR count). The number of nitrogens with two attached hydrogens (primary N) is 3. The molecular weight excluding hydrogens is 396 g/mol. The summed E-state index contributed by atoms with van der Waals surface area (Å²) in [4.78, 5) is 59.2. The Morgan fingerprint density at radius 1 is 0.933 bits per heavy atom. The molecule has 0 aromatic rings. The van der Waals surface area contributed by atoms with Gasteiger partial charge in [-0.15, -0.1) is 0 Å². The molecule has 30 heavy (non-hydrogen) atoms. The maximum atomic E-state index is 12.6. The topological polar surface area (TPSA) is 220 Å². The van der Waals surface area contributed by atoms with Crippen LogP contribution in [0.25, 0.3) is 0 Å². The lowest BCUT2D eigenvalue weighted by Crippen LogP contribution is -2.56. The van der Waals surface area contributed by atoms with Crippen molar-refractivity contribution in [3.8, 4) is 0 Å². The number of carbonyl (C=O) groups is 5. The summed E-state index contributed by atoms with van der Waals surface area (Å²) in [7, 11) is 0. The van der Waals surface area contributed by atoms with Crippen LogP contribution in [0, 0.1) is 5.92 Å². The van der Waals surface area contributed by atoms with E-state index in [1.54, 1.807) is 0 Å². The molecule has 0 saturated carbocycles. The van der Waals surface area contributed by atoms with Crippen molar-refractivity contribution in [1.29, 1.82) is 0 Å². The molecule has 0 heterocycles. The standard InChI is InChI=1S/C18H34N6O6/c1-10(2)7-11(20)16(28)24-13(8-14(21)25)18(30)23-12(5-3-4-6-19)17(29)22-9-15(26)27/h10-13H,3-9,19-20H2,1-2H3,(H2,21,25)(H,22,29)(H,23,30)(H,24,28)(H,26,27). The molecule has 0 radical (unpaired) electrons. The van der Waals surface area contributed by atoms with E-state index in [0.29, 0.717) is 25.8 Å². The molecule has 12 nitrogen and oxygen atoms in total. The number of hydrogen-bond acceptors (Lipinski definition) is 7. The van der Waals surface area contributed by atoms with Gasteiger partial charge in [-0.1, -0.05) is 13.8 Å². The minimum absolute atomic E-state index is 0.138. The fourth-order valence-corrected chi connectivity index (χ4v) is 2.62. The summed E-state index contributed by atoms with van der Waals surface area (Å²) in [6, 6.07) is -3.27. The summed E-state index contributed by atoms with van der Waals surface area (Å²) in [5.41, 5.74) is 16.4. The van der Waals surface area contributed by atoms with E-state index < -0.39 is 60.7 Å². The van der Waals surface area contributed by atoms with E-state index in [1.807, 2.05) is 13.8 Å². The van der Waals surface area contributed by atoms with E-state index in [9.17, 15) is 24.0 Å². The second kappa shape index (κ2) is 14.3. The summed E-state index contributed by atoms with van der Waals surface area (Å²) < 4.78 is 0. The molecule has 172 valence electrons. The number of carboxylic acid groups (broad SMARTS) is 1. The lowest BCUT2D eigenvalue weighted by molar-refractivity contribution is -0.138. The van der Waals surface area contributed by atoms with Crippen molar-refractivity contribution in [2.24, 2.45) is 23.1 Å². The maximum absolute atomic E-state index is 12.6. The lowest BCUT2D eigenvalue weighted by atomic mass is 10.0. The van der Waals surface area contributed by atoms with Crippen molar-refractivity contribution in [2.75, 3.05) is 13.1 Å². The third-order valence-corrected chi connectivity index (χ3v) is 4.09. The Bertz CT molecular complexity index is 612. The van der Waals surface area contributed by atoms with Crippen molar-refractivity contribution in [3.05, 3.63) is 0 Å². The largest absolute Gasteiger partial charge is 0.480 e. The van der Waals surface area contributed by atoms with Gasteiger partial charge in [-0.2, -0.15) is 0 Å². The van der Waals surface area contributed by atoms with Crippen LogP contribution >= 0.6 is 0 Å². The van der Waals surface area contributed by atoms with Crippen molar-refractivity contribution in [2.45, 2.75) is 64.1 Å². The quantitative estimate of drug-likeness (QED) is 0.138. The summed E-state index contributed by atoms with van der Waals surface area (Å²) in [5, 5.41) is 15.7. The number of primary amides is 1. The summed E-state index contributed by atoms with van der Waals surface area (Å²) in [6.45, 7) is 3.52. The van der Waals surface area contributed by atoms with Gasteiger partial charge in [-0.05, 0) is 38.1 Å². The van der Waals surface area contributed by atoms with Crippen LogP contribution < -0.4 is 33.2 Å². The van der Waals surface area contributed by atoms with E-state index in [1.165, 1.54) is 0 Å². The molecule has 0 bridgehead atoms. The van der Waals surface area contributed by atoms with Gasteiger partial charge >= 0.3 is 5.97 Å². The fraction of sp³-hybridized carbons (Fsp3) is 0.722. The SMILES string of the molecule is CC(C)CC(N)C(=O)NC(CC(N)=O)C(=O)NC(CCCCN)C(=O)NCC(=O)O. The van der Waals surface area contributed by atoms with Gasteiger partial charge in [0.2, 0.25) is 23.6 Å². The zero-order valence-corrected chi connectivity index (χ0v) is 17.5. The van der Waals surface area contributed by atoms with Crippen LogP contribution in [0.3, 0.4) is 0 Å². The highest BCUT2D eigenvalue weighted by Gasteiger charge is 2.29. The molecule has 0 fully saturated rings. The van der Waals surface area contributed by atoms with Gasteiger partial charge in [0, 0.05) is 0 Å². The monoisotopic (exact) mass is 430 g/mol. The minimum Gasteiger partial charge on any atom is -0.480 e. The average Bonchev–Trinajstić information content (AvgIpc) is 2.63. The zero-order valence-electron chi connectivity index (χ0n) is 17.5. The van der Waals surface area contributed by atoms with E-state index in [2.05, 4.69) is 16.0 Å². The zero-order chi connectivity index (χ0) is 23.3. The highest BCUT2D eigenvalue weighted by atomic mass is 16.4. The van der Waals surface area contributed by atoms with Gasteiger partial charge in [0.25, 0.3) is 0 Å². The molecule has 3 unspecified atom stereocenters. The van der Waals surface area contributed by atoms with Crippen molar-refractivity contribution in [1.82, 2.24) is 16.0 Å². The molecule has 4 amide bonds. The fourth-order valence-electron chi connectivity index (χ4n) is 2.62. The van der Waals surface area contributed by atoms with E-state index >= 15 is 0 Å². The van der Waals surface area contributed by atoms with Crippen LogP contribution in [-0.2, 0) is 24.0 Å². The Morgan fingerprint density at radius 2 is 1.53 bits per heavy atom. The second-order valence-electron chi connectivity index (χ2n) is 7.42. The number of carboxylic acids is 1. The molecule has 0 aromatic heterocycles. The number of aliphatic carboxylic acids is 1. The van der Waals surface area contributed by atoms with Crippen LogP contribution in [0.4, 0.5) is 0 Å². The van der Waals surface area contributed by atoms with Crippen LogP contribution in [0.15, 0.2) is 0 Å². The normalized spacial score (nSPS) is 13.8. The van der Waals surface area contributed by atoms with Gasteiger partial charge in [0.15, 0.2) is 0 Å². The van der Waals surface area contributed by atoms with Crippen LogP contribution in [-0.4, -0.2) is 65.9 Å². The second-order valence-corrected chi connectivity index (χ2v) is 7.42. The predicted octanol–water partition coefficient (Wildman–Crippen LogP) is -2.47. The van der Waals surface area contributed by atoms with Gasteiger partial charge in [-0.3, -0.25) is 24.0 Å². The van der Waals surface area contributed by atoms with E-state index in [4.69, 9.17) is 22.3 Å². The molecule has 0 aliphatic rings. The summed E-state index contributed by atoms with van der Waals surface area (Å²) in [6.07, 6.45) is 1.16. The molecule has 0 spiro atoms. The number of unbranched alkanes of at least 4 members (excludes halogenated alkanes) is 1. The van der Waals surface area contributed by atoms with Gasteiger partial charge in [-0.25, -0.2) is 0 Å². The maximum Gasteiger partial charge on any atom is 0.322 e. The van der Waals surface area contributed by atoms with Gasteiger partial charge < -0.3 is 38.3 Å². The van der Waals surface area contributed by atoms with Gasteiger partial charge in [0.05, 0.1) is 12.5 Å². The molecule has 0 aliphatic heterocycles. The third kappa shape index (κ3) is 12.0. The molecule has 0 saturated heterocycles. The van der Waals surface area contributed by atoms with Crippen LogP contribution in [0.1, 0.15) is 46.0 Å². The average molecular weight is 431 g/mol. The smallest absolute Gasteiger partial charge is 0.322 e. The van der Waals surface area contributed by atoms with Gasteiger partial charge in [0.1, 0.15) is 18.6 Å². The van der Waals surface area contributed by atoms with Crippen LogP contribution in [0.2, 0.25) is 0 Å². The first-order chi connectivity index (χ1) is 14.0. The van der Waals surface area contributed by atoms with Crippen LogP contribution in [0.5, 0.6) is 0 Å². The highest BCUT2D eigenvalue weighted by molar-refractivity contribution is 5.95. The van der Waals surface area contributed by atoms with E-state index in [-0.39, 0.29) is 12.3 Å². The lowest BCUT2D eigenvalue weighted by Gasteiger charge is -2.24. The Kier molecular flexibility index (Phi) is 13.0. The molecule has 0 aromatic carbocycles. The number of rotatable bonds is 15. The first-order valence-corrected chi connectivity index (χ1v) is 9.82. The molecule has 3 atom stereocenters. The minimum atomic E-state index is -1.32. The Morgan fingerprint density at radius 3 is 2.03 bits per heavy atom. The number of carbonyl (C=O) groups excluding carboxylic acids is 4. The molecule has 0 aliphatic carbocycles. The van der Waals surface area contributed by atoms with E-state index in [0.717, 1.165) is 0 Å². The van der Waals surface area contributed by atoms with Crippen molar-refractivity contribution in [3.63, 3.8) is 0 Å². The Balaban J connectivity index is 5.24. The highest BCUT2D eigenvalue weighted by Crippen LogP contribution is 2.05. The molecular formula is C18H34N6O6. The Labute approximate surface area is 175 Å². The Hall–Kier alpha value is -2.73. The van der Waals surface area contributed by atoms with Crippen molar-refractivity contribution >= 4 is 29.6 Å². The first-order valence-electron chi connectivity index (χ1n) is 9.82. The number of amides is 4. The number of nitrogens with one attached hydrogen (secondary N) is 3. The molecule has 10 N–H and O–H groups in total. The summed E-state index contributed by atoms with van der Waals surface area (Å²) >= 11 is 0. The summed E-state index contributed by atoms with van der Waals surface area (Å²) in [5.74, 6) is -4.07. The first kappa shape index (κ1) is 27.3. The predicted molar refractivity (Wildman–Crippen MR) is 109 cm³/mol.